The molecule has 0 bridgehead atoms. The molecular weight excluding hydrogens is 304 g/mol. The van der Waals surface area contributed by atoms with Gasteiger partial charge in [0.2, 0.25) is 0 Å². The maximum Gasteiger partial charge on any atom is 0.150 e. The minimum atomic E-state index is -0.0847. The summed E-state index contributed by atoms with van der Waals surface area (Å²) < 4.78 is 16.7. The van der Waals surface area contributed by atoms with Crippen LogP contribution < -0.4 is 14.2 Å². The van der Waals surface area contributed by atoms with Crippen molar-refractivity contribution in [3.63, 3.8) is 0 Å². The summed E-state index contributed by atoms with van der Waals surface area (Å²) in [5, 5.41) is 0. The molecule has 4 nitrogen and oxygen atoms in total. The number of aldehydes is 1. The average molecular weight is 328 g/mol. The molecule has 0 aliphatic carbocycles. The van der Waals surface area contributed by atoms with E-state index in [1.54, 1.807) is 32.4 Å². The molecular formula is C20H24O4. The molecule has 0 fully saturated rings. The van der Waals surface area contributed by atoms with Gasteiger partial charge in [0.1, 0.15) is 30.1 Å². The Kier molecular flexibility index (Phi) is 5.50. The summed E-state index contributed by atoms with van der Waals surface area (Å²) in [6, 6.07) is 11.1. The van der Waals surface area contributed by atoms with Crippen molar-refractivity contribution in [2.75, 3.05) is 14.2 Å². The molecule has 4 heteroatoms. The minimum Gasteiger partial charge on any atom is -0.497 e. The first-order chi connectivity index (χ1) is 11.4. The van der Waals surface area contributed by atoms with E-state index >= 15 is 0 Å². The molecule has 24 heavy (non-hydrogen) atoms. The van der Waals surface area contributed by atoms with Gasteiger partial charge in [-0.05, 0) is 41.8 Å². The Hall–Kier alpha value is -2.49. The quantitative estimate of drug-likeness (QED) is 0.738. The number of hydrogen-bond donors (Lipinski definition) is 0. The van der Waals surface area contributed by atoms with Gasteiger partial charge in [-0.3, -0.25) is 4.79 Å². The summed E-state index contributed by atoms with van der Waals surface area (Å²) in [5.74, 6) is 2.29. The summed E-state index contributed by atoms with van der Waals surface area (Å²) in [5.41, 5.74) is 2.41. The van der Waals surface area contributed by atoms with Crippen LogP contribution in [0, 0.1) is 0 Å². The van der Waals surface area contributed by atoms with Crippen LogP contribution in [0.15, 0.2) is 36.4 Å². The van der Waals surface area contributed by atoms with E-state index < -0.39 is 0 Å². The molecule has 2 rings (SSSR count). The fraction of sp³-hybridized carbons (Fsp3) is 0.350. The minimum absolute atomic E-state index is 0.0847. The first-order valence-electron chi connectivity index (χ1n) is 7.82. The van der Waals surface area contributed by atoms with E-state index in [1.807, 2.05) is 18.2 Å². The van der Waals surface area contributed by atoms with Crippen LogP contribution in [-0.4, -0.2) is 20.5 Å². The van der Waals surface area contributed by atoms with Crippen molar-refractivity contribution in [2.24, 2.45) is 0 Å². The van der Waals surface area contributed by atoms with Crippen LogP contribution in [0.4, 0.5) is 0 Å². The van der Waals surface area contributed by atoms with Crippen molar-refractivity contribution in [1.29, 1.82) is 0 Å². The Morgan fingerprint density at radius 1 is 0.958 bits per heavy atom. The highest BCUT2D eigenvalue weighted by atomic mass is 16.5. The van der Waals surface area contributed by atoms with Gasteiger partial charge >= 0.3 is 0 Å². The van der Waals surface area contributed by atoms with E-state index in [4.69, 9.17) is 14.2 Å². The molecule has 2 aromatic carbocycles. The van der Waals surface area contributed by atoms with Crippen LogP contribution in [0.5, 0.6) is 17.2 Å². The zero-order chi connectivity index (χ0) is 17.7. The lowest BCUT2D eigenvalue weighted by atomic mass is 9.86. The second kappa shape index (κ2) is 7.39. The first kappa shape index (κ1) is 17.9. The Labute approximate surface area is 143 Å². The Bertz CT molecular complexity index is 714. The van der Waals surface area contributed by atoms with E-state index in [-0.39, 0.29) is 5.41 Å². The summed E-state index contributed by atoms with van der Waals surface area (Å²) in [7, 11) is 3.26. The highest BCUT2D eigenvalue weighted by Gasteiger charge is 2.20. The largest absolute Gasteiger partial charge is 0.497 e. The van der Waals surface area contributed by atoms with Gasteiger partial charge in [0.05, 0.1) is 14.2 Å². The Morgan fingerprint density at radius 3 is 2.25 bits per heavy atom. The van der Waals surface area contributed by atoms with Gasteiger partial charge < -0.3 is 14.2 Å². The topological polar surface area (TPSA) is 44.8 Å². The van der Waals surface area contributed by atoms with Crippen molar-refractivity contribution >= 4 is 6.29 Å². The first-order valence-corrected chi connectivity index (χ1v) is 7.82. The number of hydrogen-bond acceptors (Lipinski definition) is 4. The van der Waals surface area contributed by atoms with Crippen molar-refractivity contribution in [1.82, 2.24) is 0 Å². The van der Waals surface area contributed by atoms with Gasteiger partial charge in [-0.25, -0.2) is 0 Å². The van der Waals surface area contributed by atoms with Crippen molar-refractivity contribution < 1.29 is 19.0 Å². The number of rotatable bonds is 6. The van der Waals surface area contributed by atoms with Crippen LogP contribution in [0.2, 0.25) is 0 Å². The fourth-order valence-electron chi connectivity index (χ4n) is 2.49. The van der Waals surface area contributed by atoms with E-state index in [0.29, 0.717) is 17.9 Å². The van der Waals surface area contributed by atoms with Crippen molar-refractivity contribution in [2.45, 2.75) is 32.8 Å². The standard InChI is InChI=1S/C20H24O4/c1-20(2,3)17-11-16(22-4)7-9-19(17)24-13-15-10-14(12-21)6-8-18(15)23-5/h6-12H,13H2,1-5H3. The molecule has 2 aromatic rings. The molecule has 0 aliphatic rings. The van der Waals surface area contributed by atoms with Gasteiger partial charge in [-0.15, -0.1) is 0 Å². The van der Waals surface area contributed by atoms with Gasteiger partial charge in [0.15, 0.2) is 0 Å². The number of carbonyl (C=O) groups excluding carboxylic acids is 1. The molecule has 0 aliphatic heterocycles. The monoisotopic (exact) mass is 328 g/mol. The predicted molar refractivity (Wildman–Crippen MR) is 94.4 cm³/mol. The van der Waals surface area contributed by atoms with Crippen LogP contribution in [0.1, 0.15) is 42.3 Å². The smallest absolute Gasteiger partial charge is 0.150 e. The zero-order valence-electron chi connectivity index (χ0n) is 14.9. The lowest BCUT2D eigenvalue weighted by molar-refractivity contribution is 0.112. The number of methoxy groups -OCH3 is 2. The molecule has 0 spiro atoms. The summed E-state index contributed by atoms with van der Waals surface area (Å²) in [4.78, 5) is 11.0. The highest BCUT2D eigenvalue weighted by molar-refractivity contribution is 5.75. The lowest BCUT2D eigenvalue weighted by Gasteiger charge is -2.23. The number of ether oxygens (including phenoxy) is 3. The van der Waals surface area contributed by atoms with Crippen molar-refractivity contribution in [3.05, 3.63) is 53.1 Å². The average Bonchev–Trinajstić information content (AvgIpc) is 2.58. The Morgan fingerprint density at radius 2 is 1.67 bits per heavy atom. The molecule has 0 N–H and O–H groups in total. The van der Waals surface area contributed by atoms with Crippen LogP contribution in [-0.2, 0) is 12.0 Å². The molecule has 0 saturated heterocycles. The normalized spacial score (nSPS) is 11.0. The SMILES string of the molecule is COc1ccc(OCc2cc(C=O)ccc2OC)c(C(C)(C)C)c1. The van der Waals surface area contributed by atoms with Gasteiger partial charge in [-0.1, -0.05) is 20.8 Å². The Balaban J connectivity index is 2.31. The second-order valence-corrected chi connectivity index (χ2v) is 6.59. The zero-order valence-corrected chi connectivity index (χ0v) is 14.9. The lowest BCUT2D eigenvalue weighted by Crippen LogP contribution is -2.14. The van der Waals surface area contributed by atoms with Gasteiger partial charge in [0.25, 0.3) is 0 Å². The third-order valence-corrected chi connectivity index (χ3v) is 3.82. The fourth-order valence-corrected chi connectivity index (χ4v) is 2.49. The number of carbonyl (C=O) groups is 1. The third kappa shape index (κ3) is 4.07. The van der Waals surface area contributed by atoms with E-state index in [0.717, 1.165) is 28.9 Å². The molecule has 0 radical (unpaired) electrons. The molecule has 128 valence electrons. The van der Waals surface area contributed by atoms with Crippen molar-refractivity contribution in [3.8, 4) is 17.2 Å². The predicted octanol–water partition coefficient (Wildman–Crippen LogP) is 4.39. The molecule has 0 unspecified atom stereocenters. The van der Waals surface area contributed by atoms with Gasteiger partial charge in [0, 0.05) is 16.7 Å². The summed E-state index contributed by atoms with van der Waals surface area (Å²) >= 11 is 0. The van der Waals surface area contributed by atoms with E-state index in [1.165, 1.54) is 0 Å². The molecule has 0 atom stereocenters. The van der Waals surface area contributed by atoms with Crippen LogP contribution >= 0.6 is 0 Å². The third-order valence-electron chi connectivity index (χ3n) is 3.82. The molecule has 0 saturated carbocycles. The second-order valence-electron chi connectivity index (χ2n) is 6.59. The van der Waals surface area contributed by atoms with Crippen LogP contribution in [0.3, 0.4) is 0 Å². The molecule has 0 amide bonds. The maximum absolute atomic E-state index is 11.0. The van der Waals surface area contributed by atoms with E-state index in [9.17, 15) is 4.79 Å². The highest BCUT2D eigenvalue weighted by Crippen LogP contribution is 2.35. The maximum atomic E-state index is 11.0. The van der Waals surface area contributed by atoms with Crippen LogP contribution in [0.25, 0.3) is 0 Å². The summed E-state index contributed by atoms with van der Waals surface area (Å²) in [6.07, 6.45) is 0.816. The van der Waals surface area contributed by atoms with E-state index in [2.05, 4.69) is 20.8 Å². The molecule has 0 aromatic heterocycles. The summed E-state index contributed by atoms with van der Waals surface area (Å²) in [6.45, 7) is 6.70. The molecule has 0 heterocycles. The van der Waals surface area contributed by atoms with Gasteiger partial charge in [-0.2, -0.15) is 0 Å². The number of benzene rings is 2.